The maximum absolute atomic E-state index is 14.0. The fourth-order valence-corrected chi connectivity index (χ4v) is 6.15. The molecule has 0 spiro atoms. The molecule has 1 aliphatic rings. The maximum atomic E-state index is 14.0. The van der Waals surface area contributed by atoms with E-state index >= 15 is 0 Å². The minimum absolute atomic E-state index is 0. The summed E-state index contributed by atoms with van der Waals surface area (Å²) < 4.78 is 7.71. The molecule has 1 amide bonds. The number of ether oxygens (including phenoxy) is 1. The van der Waals surface area contributed by atoms with Crippen molar-refractivity contribution in [2.45, 2.75) is 72.0 Å². The largest absolute Gasteiger partial charge is 0.496 e. The van der Waals surface area contributed by atoms with E-state index in [9.17, 15) is 14.4 Å². The molecule has 0 bridgehead atoms. The van der Waals surface area contributed by atoms with Gasteiger partial charge >= 0.3 is 0 Å². The van der Waals surface area contributed by atoms with Gasteiger partial charge in [-0.05, 0) is 56.0 Å². The summed E-state index contributed by atoms with van der Waals surface area (Å²) in [5, 5.41) is 7.13. The van der Waals surface area contributed by atoms with Crippen molar-refractivity contribution >= 4 is 52.3 Å². The zero-order valence-corrected chi connectivity index (χ0v) is 29.3. The average molecular weight is 676 g/mol. The van der Waals surface area contributed by atoms with Gasteiger partial charge in [-0.15, -0.1) is 12.4 Å². The van der Waals surface area contributed by atoms with Gasteiger partial charge in [0.25, 0.3) is 0 Å². The van der Waals surface area contributed by atoms with E-state index in [1.807, 2.05) is 55.8 Å². The Bertz CT molecular complexity index is 1720. The third-order valence-corrected chi connectivity index (χ3v) is 9.12. The van der Waals surface area contributed by atoms with E-state index in [1.54, 1.807) is 38.5 Å². The first-order chi connectivity index (χ1) is 22.5. The second-order valence-electron chi connectivity index (χ2n) is 13.4. The molecule has 3 atom stereocenters. The Morgan fingerprint density at radius 3 is 2.50 bits per heavy atom. The van der Waals surface area contributed by atoms with Gasteiger partial charge in [0.2, 0.25) is 5.91 Å². The average Bonchev–Trinajstić information content (AvgIpc) is 3.76. The summed E-state index contributed by atoms with van der Waals surface area (Å²) in [4.78, 5) is 55.5. The summed E-state index contributed by atoms with van der Waals surface area (Å²) >= 11 is 0. The number of Topliss-reactive ketones (excluding diaryl/α,β-unsaturated/α-hetero) is 2. The number of carbonyl (C=O) groups excluding carboxylic acids is 3. The molecule has 256 valence electrons. The van der Waals surface area contributed by atoms with Gasteiger partial charge in [-0.3, -0.25) is 14.4 Å². The van der Waals surface area contributed by atoms with Crippen LogP contribution in [-0.4, -0.2) is 74.7 Å². The molecular weight excluding hydrogens is 630 g/mol. The Balaban J connectivity index is 0.00000520. The van der Waals surface area contributed by atoms with Crippen LogP contribution in [0.4, 0.5) is 11.5 Å². The maximum Gasteiger partial charge on any atom is 0.227 e. The summed E-state index contributed by atoms with van der Waals surface area (Å²) in [5.74, 6) is 0.428. The number of hydrogen-bond donors (Lipinski definition) is 2. The highest BCUT2D eigenvalue weighted by molar-refractivity contribution is 5.96. The molecule has 2 N–H and O–H groups in total. The van der Waals surface area contributed by atoms with Gasteiger partial charge in [-0.25, -0.2) is 15.0 Å². The lowest BCUT2D eigenvalue weighted by molar-refractivity contribution is -0.145. The number of amides is 1. The number of imidazole rings is 1. The number of likely N-dealkylation sites (N-methyl/N-ethyl adjacent to an activating group) is 1. The fraction of sp³-hybridized carbons (Fsp3) is 0.444. The van der Waals surface area contributed by atoms with Crippen LogP contribution < -0.4 is 15.4 Å². The van der Waals surface area contributed by atoms with Crippen molar-refractivity contribution in [3.63, 3.8) is 0 Å². The van der Waals surface area contributed by atoms with Crippen LogP contribution in [0.15, 0.2) is 61.4 Å². The van der Waals surface area contributed by atoms with Gasteiger partial charge < -0.3 is 24.8 Å². The first-order valence-corrected chi connectivity index (χ1v) is 16.1. The van der Waals surface area contributed by atoms with Crippen LogP contribution in [0.1, 0.15) is 58.1 Å². The van der Waals surface area contributed by atoms with E-state index in [0.29, 0.717) is 35.6 Å². The number of methoxy groups -OCH3 is 1. The summed E-state index contributed by atoms with van der Waals surface area (Å²) in [6.07, 6.45) is 8.51. The van der Waals surface area contributed by atoms with Gasteiger partial charge in [-0.2, -0.15) is 0 Å². The van der Waals surface area contributed by atoms with Crippen LogP contribution in [0.2, 0.25) is 0 Å². The molecule has 2 aromatic heterocycles. The summed E-state index contributed by atoms with van der Waals surface area (Å²) in [6, 6.07) is 10.9. The molecule has 1 saturated heterocycles. The number of likely N-dealkylation sites (tertiary alicyclic amines) is 1. The molecule has 0 aliphatic carbocycles. The van der Waals surface area contributed by atoms with E-state index in [2.05, 4.69) is 37.7 Å². The molecule has 2 aromatic carbocycles. The molecule has 12 heteroatoms. The number of halogens is 1. The summed E-state index contributed by atoms with van der Waals surface area (Å²) in [6.45, 7) is 8.95. The monoisotopic (exact) mass is 675 g/mol. The van der Waals surface area contributed by atoms with Crippen molar-refractivity contribution in [1.82, 2.24) is 29.7 Å². The van der Waals surface area contributed by atoms with Crippen molar-refractivity contribution in [3.8, 4) is 5.75 Å². The third-order valence-electron chi connectivity index (χ3n) is 9.12. The van der Waals surface area contributed by atoms with E-state index in [4.69, 9.17) is 4.74 Å². The van der Waals surface area contributed by atoms with Crippen molar-refractivity contribution in [3.05, 3.63) is 72.6 Å². The number of hydrogen-bond acceptors (Lipinski definition) is 9. The number of carbonyl (C=O) groups is 3. The predicted octanol–water partition coefficient (Wildman–Crippen LogP) is 5.38. The zero-order valence-electron chi connectivity index (χ0n) is 28.5. The second kappa shape index (κ2) is 15.7. The number of ketones is 2. The van der Waals surface area contributed by atoms with Gasteiger partial charge in [0, 0.05) is 66.9 Å². The fourth-order valence-electron chi connectivity index (χ4n) is 6.15. The Morgan fingerprint density at radius 2 is 1.85 bits per heavy atom. The van der Waals surface area contributed by atoms with Crippen LogP contribution in [-0.2, 0) is 27.3 Å². The number of nitrogens with zero attached hydrogens (tertiary/aromatic N) is 5. The smallest absolute Gasteiger partial charge is 0.227 e. The summed E-state index contributed by atoms with van der Waals surface area (Å²) in [5.41, 5.74) is 2.94. The lowest BCUT2D eigenvalue weighted by Crippen LogP contribution is -2.48. The molecule has 48 heavy (non-hydrogen) atoms. The van der Waals surface area contributed by atoms with E-state index < -0.39 is 17.4 Å². The number of nitrogens with one attached hydrogen (secondary N) is 2. The highest BCUT2D eigenvalue weighted by Gasteiger charge is 2.42. The van der Waals surface area contributed by atoms with Gasteiger partial charge in [0.1, 0.15) is 23.7 Å². The van der Waals surface area contributed by atoms with Crippen LogP contribution in [0, 0.1) is 11.3 Å². The summed E-state index contributed by atoms with van der Waals surface area (Å²) in [7, 11) is 3.31. The lowest BCUT2D eigenvalue weighted by Gasteiger charge is -2.35. The van der Waals surface area contributed by atoms with Crippen LogP contribution in [0.25, 0.3) is 10.9 Å². The first-order valence-electron chi connectivity index (χ1n) is 16.1. The van der Waals surface area contributed by atoms with Gasteiger partial charge in [0.15, 0.2) is 5.78 Å². The molecule has 4 aromatic rings. The highest BCUT2D eigenvalue weighted by atomic mass is 35.5. The van der Waals surface area contributed by atoms with Crippen molar-refractivity contribution < 1.29 is 19.1 Å². The number of benzene rings is 2. The molecule has 3 heterocycles. The molecule has 1 aliphatic heterocycles. The first kappa shape index (κ1) is 36.5. The molecule has 5 rings (SSSR count). The Morgan fingerprint density at radius 1 is 1.10 bits per heavy atom. The second-order valence-corrected chi connectivity index (χ2v) is 13.4. The molecule has 0 radical (unpaired) electrons. The molecular formula is C36H46ClN7O4. The van der Waals surface area contributed by atoms with Gasteiger partial charge in [0.05, 0.1) is 31.0 Å². The van der Waals surface area contributed by atoms with Crippen molar-refractivity contribution in [2.24, 2.45) is 11.3 Å². The van der Waals surface area contributed by atoms with E-state index in [1.165, 1.54) is 6.33 Å². The third kappa shape index (κ3) is 8.38. The topological polar surface area (TPSA) is 131 Å². The van der Waals surface area contributed by atoms with Gasteiger partial charge in [-0.1, -0.05) is 32.9 Å². The minimum atomic E-state index is -0.560. The van der Waals surface area contributed by atoms with Crippen molar-refractivity contribution in [2.75, 3.05) is 26.0 Å². The molecule has 1 fully saturated rings. The Hall–Kier alpha value is -4.35. The molecule has 0 saturated carbocycles. The lowest BCUT2D eigenvalue weighted by atomic mass is 9.76. The minimum Gasteiger partial charge on any atom is -0.496 e. The zero-order chi connectivity index (χ0) is 33.7. The SMILES string of the molecule is CN[C@@H](C)C(=O)C[C@H](C(=O)N1CCC[C@H]1C(=O)Cc1cc2c(Nc3ccc(Cn4ccnc4)cc3)ncnc2cc1OC)C(C)(C)C.Cl. The van der Waals surface area contributed by atoms with Crippen molar-refractivity contribution in [1.29, 1.82) is 0 Å². The Labute approximate surface area is 288 Å². The predicted molar refractivity (Wildman–Crippen MR) is 189 cm³/mol. The number of fused-ring (bicyclic) bond motifs is 1. The highest BCUT2D eigenvalue weighted by Crippen LogP contribution is 2.35. The van der Waals surface area contributed by atoms with Crippen LogP contribution in [0.3, 0.4) is 0 Å². The standard InChI is InChI=1S/C36H45N7O4.ClH/c1-23(37-5)31(44)18-28(36(2,3)4)35(46)43-14-7-8-30(43)32(45)17-25-16-27-29(19-33(25)47-6)39-21-40-34(27)41-26-11-9-24(10-12-26)20-42-15-13-38-22-42;/h9-13,15-16,19,21-23,28,30,37H,7-8,14,17-18,20H2,1-6H3,(H,39,40,41);1H/t23-,28+,30-;/m0./s1. The number of anilines is 2. The molecule has 11 nitrogen and oxygen atoms in total. The van der Waals surface area contributed by atoms with Crippen LogP contribution in [0.5, 0.6) is 5.75 Å². The number of aromatic nitrogens is 4. The van der Waals surface area contributed by atoms with Crippen LogP contribution >= 0.6 is 12.4 Å². The van der Waals surface area contributed by atoms with E-state index in [0.717, 1.165) is 29.6 Å². The van der Waals surface area contributed by atoms with E-state index in [-0.39, 0.29) is 48.8 Å². The quantitative estimate of drug-likeness (QED) is 0.192. The number of rotatable bonds is 13. The Kier molecular flexibility index (Phi) is 11.9. The molecule has 0 unspecified atom stereocenters. The normalized spacial score (nSPS) is 15.9.